The minimum atomic E-state index is -1.16. The van der Waals surface area contributed by atoms with Crippen molar-refractivity contribution >= 4 is 19.2 Å². The van der Waals surface area contributed by atoms with Crippen LogP contribution < -0.4 is 0 Å². The first-order valence-electron chi connectivity index (χ1n) is 8.56. The molecule has 8 heteroatoms. The van der Waals surface area contributed by atoms with E-state index in [1.54, 1.807) is 6.92 Å². The molecule has 136 valence electrons. The SMILES string of the molecule is CC1C[C@@H](CCCB2OC(C)(C)C(C)(C)O2)[C@@H](C(=O)O)N1C(=O)O. The molecule has 0 aromatic heterocycles. The zero-order valence-corrected chi connectivity index (χ0v) is 15.1. The number of aliphatic carboxylic acids is 1. The predicted molar refractivity (Wildman–Crippen MR) is 89.0 cm³/mol. The highest BCUT2D eigenvalue weighted by molar-refractivity contribution is 6.45. The first-order valence-corrected chi connectivity index (χ1v) is 8.56. The number of hydrogen-bond donors (Lipinski definition) is 2. The average Bonchev–Trinajstić information content (AvgIpc) is 2.83. The first kappa shape index (κ1) is 19.1. The van der Waals surface area contributed by atoms with Crippen LogP contribution in [0.1, 0.15) is 53.9 Å². The molecule has 0 aliphatic carbocycles. The largest absolute Gasteiger partial charge is 0.480 e. The third-order valence-electron chi connectivity index (χ3n) is 5.66. The van der Waals surface area contributed by atoms with Crippen molar-refractivity contribution in [1.29, 1.82) is 0 Å². The van der Waals surface area contributed by atoms with Crippen molar-refractivity contribution in [3.05, 3.63) is 0 Å². The van der Waals surface area contributed by atoms with Crippen LogP contribution in [0, 0.1) is 5.92 Å². The Bertz CT molecular complexity index is 493. The van der Waals surface area contributed by atoms with Crippen LogP contribution in [0.4, 0.5) is 4.79 Å². The number of nitrogens with zero attached hydrogens (tertiary/aromatic N) is 1. The molecule has 0 spiro atoms. The second-order valence-electron chi connectivity index (χ2n) is 7.93. The van der Waals surface area contributed by atoms with Gasteiger partial charge in [-0.1, -0.05) is 6.42 Å². The fourth-order valence-corrected chi connectivity index (χ4v) is 3.72. The van der Waals surface area contributed by atoms with E-state index in [0.717, 1.165) is 11.3 Å². The van der Waals surface area contributed by atoms with Crippen molar-refractivity contribution in [1.82, 2.24) is 4.90 Å². The Morgan fingerprint density at radius 1 is 1.17 bits per heavy atom. The topological polar surface area (TPSA) is 96.3 Å². The maximum Gasteiger partial charge on any atom is 0.457 e. The maximum atomic E-state index is 11.5. The maximum absolute atomic E-state index is 11.5. The van der Waals surface area contributed by atoms with E-state index in [1.807, 2.05) is 27.7 Å². The molecular weight excluding hydrogens is 313 g/mol. The number of carboxylic acids is 1. The van der Waals surface area contributed by atoms with Crippen LogP contribution in [0.2, 0.25) is 6.32 Å². The molecule has 2 N–H and O–H groups in total. The van der Waals surface area contributed by atoms with Crippen LogP contribution in [0.15, 0.2) is 0 Å². The van der Waals surface area contributed by atoms with Gasteiger partial charge in [-0.2, -0.15) is 0 Å². The van der Waals surface area contributed by atoms with E-state index in [-0.39, 0.29) is 30.3 Å². The van der Waals surface area contributed by atoms with E-state index in [0.29, 0.717) is 19.2 Å². The Morgan fingerprint density at radius 3 is 2.17 bits per heavy atom. The molecule has 2 fully saturated rings. The number of rotatable bonds is 5. The van der Waals surface area contributed by atoms with Crippen molar-refractivity contribution in [2.45, 2.75) is 83.5 Å². The molecule has 2 saturated heterocycles. The van der Waals surface area contributed by atoms with Gasteiger partial charge in [-0.15, -0.1) is 0 Å². The smallest absolute Gasteiger partial charge is 0.457 e. The normalized spacial score (nSPS) is 31.5. The standard InChI is InChI=1S/C16H28BNO6/c1-10-9-11(12(13(19)20)18(10)14(21)22)7-6-8-17-23-15(2,3)16(4,5)24-17/h10-12H,6-9H2,1-5H3,(H,19,20)(H,21,22)/t10?,11-,12+/m1/s1. The third-order valence-corrected chi connectivity index (χ3v) is 5.66. The van der Waals surface area contributed by atoms with Crippen LogP contribution in [0.5, 0.6) is 0 Å². The summed E-state index contributed by atoms with van der Waals surface area (Å²) in [6, 6.07) is -1.23. The Kier molecular flexibility index (Phi) is 5.21. The van der Waals surface area contributed by atoms with Crippen LogP contribution in [-0.4, -0.2) is 57.6 Å². The highest BCUT2D eigenvalue weighted by Gasteiger charge is 2.51. The zero-order chi connectivity index (χ0) is 18.3. The van der Waals surface area contributed by atoms with E-state index in [4.69, 9.17) is 9.31 Å². The number of carbonyl (C=O) groups is 2. The number of carboxylic acid groups (broad SMARTS) is 2. The number of hydrogen-bond acceptors (Lipinski definition) is 4. The van der Waals surface area contributed by atoms with Gasteiger partial charge in [-0.05, 0) is 59.7 Å². The molecule has 0 radical (unpaired) electrons. The summed E-state index contributed by atoms with van der Waals surface area (Å²) in [4.78, 5) is 23.9. The molecule has 0 aromatic rings. The van der Waals surface area contributed by atoms with Crippen LogP contribution >= 0.6 is 0 Å². The van der Waals surface area contributed by atoms with Gasteiger partial charge in [0.1, 0.15) is 6.04 Å². The molecule has 2 aliphatic heterocycles. The Balaban J connectivity index is 1.90. The lowest BCUT2D eigenvalue weighted by molar-refractivity contribution is -0.143. The minimum absolute atomic E-state index is 0.170. The lowest BCUT2D eigenvalue weighted by atomic mass is 9.80. The molecule has 0 aromatic carbocycles. The van der Waals surface area contributed by atoms with Crippen LogP contribution in [0.3, 0.4) is 0 Å². The molecule has 1 unspecified atom stereocenters. The Labute approximate surface area is 143 Å². The first-order chi connectivity index (χ1) is 11.0. The lowest BCUT2D eigenvalue weighted by Crippen LogP contribution is -2.45. The van der Waals surface area contributed by atoms with E-state index in [9.17, 15) is 19.8 Å². The second kappa shape index (κ2) is 6.56. The van der Waals surface area contributed by atoms with Gasteiger partial charge in [0.05, 0.1) is 11.2 Å². The van der Waals surface area contributed by atoms with Crippen molar-refractivity contribution in [2.24, 2.45) is 5.92 Å². The summed E-state index contributed by atoms with van der Waals surface area (Å²) < 4.78 is 11.9. The van der Waals surface area contributed by atoms with Gasteiger partial charge < -0.3 is 19.5 Å². The van der Waals surface area contributed by atoms with Crippen LogP contribution in [0.25, 0.3) is 0 Å². The van der Waals surface area contributed by atoms with Gasteiger partial charge in [0.15, 0.2) is 0 Å². The molecule has 1 amide bonds. The quantitative estimate of drug-likeness (QED) is 0.747. The van der Waals surface area contributed by atoms with E-state index >= 15 is 0 Å². The monoisotopic (exact) mass is 341 g/mol. The van der Waals surface area contributed by atoms with E-state index in [2.05, 4.69) is 0 Å². The zero-order valence-electron chi connectivity index (χ0n) is 15.1. The fraction of sp³-hybridized carbons (Fsp3) is 0.875. The molecule has 0 bridgehead atoms. The summed E-state index contributed by atoms with van der Waals surface area (Å²) in [5, 5.41) is 18.7. The summed E-state index contributed by atoms with van der Waals surface area (Å²) in [5.41, 5.74) is -0.744. The highest BCUT2D eigenvalue weighted by Crippen LogP contribution is 2.39. The third kappa shape index (κ3) is 3.54. The predicted octanol–water partition coefficient (Wildman–Crippen LogP) is 2.70. The van der Waals surface area contributed by atoms with E-state index in [1.165, 1.54) is 0 Å². The van der Waals surface area contributed by atoms with Crippen molar-refractivity contribution < 1.29 is 29.1 Å². The van der Waals surface area contributed by atoms with E-state index < -0.39 is 18.1 Å². The summed E-state index contributed by atoms with van der Waals surface area (Å²) >= 11 is 0. The molecular formula is C16H28BNO6. The van der Waals surface area contributed by atoms with Gasteiger partial charge in [0.25, 0.3) is 0 Å². The van der Waals surface area contributed by atoms with Gasteiger partial charge in [0.2, 0.25) is 0 Å². The molecule has 2 rings (SSSR count). The number of amides is 1. The summed E-state index contributed by atoms with van der Waals surface area (Å²) in [5.74, 6) is -1.24. The Morgan fingerprint density at radius 2 is 1.71 bits per heavy atom. The average molecular weight is 341 g/mol. The van der Waals surface area contributed by atoms with Gasteiger partial charge in [-0.3, -0.25) is 4.90 Å². The van der Waals surface area contributed by atoms with Gasteiger partial charge >= 0.3 is 19.2 Å². The number of likely N-dealkylation sites (tertiary alicyclic amines) is 1. The lowest BCUT2D eigenvalue weighted by Gasteiger charge is -2.32. The second-order valence-corrected chi connectivity index (χ2v) is 7.93. The summed E-state index contributed by atoms with van der Waals surface area (Å²) in [7, 11) is -0.298. The molecule has 24 heavy (non-hydrogen) atoms. The summed E-state index contributed by atoms with van der Waals surface area (Å²) in [6.07, 6.45) is 1.48. The minimum Gasteiger partial charge on any atom is -0.480 e. The van der Waals surface area contributed by atoms with Gasteiger partial charge in [0, 0.05) is 6.04 Å². The molecule has 2 heterocycles. The molecule has 7 nitrogen and oxygen atoms in total. The molecule has 0 saturated carbocycles. The van der Waals surface area contributed by atoms with Crippen molar-refractivity contribution in [3.63, 3.8) is 0 Å². The fourth-order valence-electron chi connectivity index (χ4n) is 3.72. The molecule has 3 atom stereocenters. The van der Waals surface area contributed by atoms with Crippen molar-refractivity contribution in [2.75, 3.05) is 0 Å². The van der Waals surface area contributed by atoms with Crippen LogP contribution in [-0.2, 0) is 14.1 Å². The summed E-state index contributed by atoms with van der Waals surface area (Å²) in [6.45, 7) is 9.75. The van der Waals surface area contributed by atoms with Gasteiger partial charge in [-0.25, -0.2) is 9.59 Å². The molecule has 2 aliphatic rings. The highest BCUT2D eigenvalue weighted by atomic mass is 16.7. The van der Waals surface area contributed by atoms with Crippen molar-refractivity contribution in [3.8, 4) is 0 Å². The Hall–Kier alpha value is -1.28.